The van der Waals surface area contributed by atoms with Crippen molar-refractivity contribution in [2.45, 2.75) is 52.3 Å². The van der Waals surface area contributed by atoms with Crippen molar-refractivity contribution in [3.63, 3.8) is 0 Å². The standard InChI is InChI=1S/C29H30F3NO5/c1-16-24(27(35)37-5)25(26-20(33-16)13-28(2,3)14-21(26)34)18-9-10-22(23(12-18)36-4)38-15-17-7-6-8-19(11-17)29(30,31)32/h6-12,25,33H,13-15H2,1-5H3/t25-/m1/s1. The van der Waals surface area contributed by atoms with Gasteiger partial charge in [-0.2, -0.15) is 13.2 Å². The molecule has 0 amide bonds. The summed E-state index contributed by atoms with van der Waals surface area (Å²) in [5, 5.41) is 3.26. The Morgan fingerprint density at radius 1 is 1.08 bits per heavy atom. The van der Waals surface area contributed by atoms with Crippen molar-refractivity contribution in [1.29, 1.82) is 0 Å². The van der Waals surface area contributed by atoms with E-state index >= 15 is 0 Å². The van der Waals surface area contributed by atoms with E-state index in [0.717, 1.165) is 17.8 Å². The lowest BCUT2D eigenvalue weighted by Crippen LogP contribution is -2.38. The van der Waals surface area contributed by atoms with Crippen molar-refractivity contribution in [3.05, 3.63) is 81.7 Å². The molecule has 2 aromatic rings. The molecule has 2 aromatic carbocycles. The van der Waals surface area contributed by atoms with Gasteiger partial charge in [0.1, 0.15) is 6.61 Å². The molecule has 4 rings (SSSR count). The Bertz CT molecular complexity index is 1340. The van der Waals surface area contributed by atoms with E-state index in [2.05, 4.69) is 5.32 Å². The number of hydrogen-bond acceptors (Lipinski definition) is 6. The number of hydrogen-bond donors (Lipinski definition) is 1. The molecule has 0 aromatic heterocycles. The molecule has 6 nitrogen and oxygen atoms in total. The monoisotopic (exact) mass is 529 g/mol. The van der Waals surface area contributed by atoms with Gasteiger partial charge in [-0.05, 0) is 54.2 Å². The number of dihydropyridines is 1. The quantitative estimate of drug-likeness (QED) is 0.458. The van der Waals surface area contributed by atoms with Crippen molar-refractivity contribution in [2.75, 3.05) is 14.2 Å². The number of ketones is 1. The molecule has 0 spiro atoms. The SMILES string of the molecule is COC(=O)C1=C(C)NC2=C(C(=O)CC(C)(C)C2)[C@@H]1c1ccc(OCc2cccc(C(F)(F)F)c2)c(OC)c1. The second-order valence-electron chi connectivity index (χ2n) is 10.3. The number of rotatable bonds is 6. The Morgan fingerprint density at radius 2 is 1.82 bits per heavy atom. The Kier molecular flexibility index (Phi) is 7.32. The molecule has 1 heterocycles. The van der Waals surface area contributed by atoms with Crippen LogP contribution >= 0.6 is 0 Å². The minimum absolute atomic E-state index is 0.0495. The maximum atomic E-state index is 13.4. The van der Waals surface area contributed by atoms with Gasteiger partial charge in [-0.15, -0.1) is 0 Å². The van der Waals surface area contributed by atoms with Gasteiger partial charge in [-0.3, -0.25) is 4.79 Å². The molecule has 1 aliphatic heterocycles. The average Bonchev–Trinajstić information content (AvgIpc) is 2.85. The lowest BCUT2D eigenvalue weighted by molar-refractivity contribution is -0.138. The second kappa shape index (κ2) is 10.2. The summed E-state index contributed by atoms with van der Waals surface area (Å²) < 4.78 is 55.6. The molecule has 0 saturated carbocycles. The van der Waals surface area contributed by atoms with Crippen molar-refractivity contribution >= 4 is 11.8 Å². The number of carbonyl (C=O) groups is 2. The van der Waals surface area contributed by atoms with Gasteiger partial charge in [0.05, 0.1) is 25.4 Å². The zero-order valence-electron chi connectivity index (χ0n) is 21.9. The number of halogens is 3. The number of ether oxygens (including phenoxy) is 3. The van der Waals surface area contributed by atoms with Gasteiger partial charge in [0.25, 0.3) is 0 Å². The summed E-state index contributed by atoms with van der Waals surface area (Å²) in [5.41, 5.74) is 2.24. The number of methoxy groups -OCH3 is 2. The lowest BCUT2D eigenvalue weighted by atomic mass is 9.68. The first-order chi connectivity index (χ1) is 17.8. The molecule has 1 N–H and O–H groups in total. The summed E-state index contributed by atoms with van der Waals surface area (Å²) in [6, 6.07) is 9.96. The fraction of sp³-hybridized carbons (Fsp3) is 0.379. The maximum Gasteiger partial charge on any atom is 0.416 e. The van der Waals surface area contributed by atoms with E-state index in [1.165, 1.54) is 20.3 Å². The molecule has 202 valence electrons. The Balaban J connectivity index is 1.70. The Morgan fingerprint density at radius 3 is 2.47 bits per heavy atom. The molecule has 0 unspecified atom stereocenters. The first-order valence-corrected chi connectivity index (χ1v) is 12.1. The third-order valence-electron chi connectivity index (χ3n) is 6.81. The fourth-order valence-corrected chi connectivity index (χ4v) is 5.13. The van der Waals surface area contributed by atoms with Crippen molar-refractivity contribution in [3.8, 4) is 11.5 Å². The van der Waals surface area contributed by atoms with Gasteiger partial charge in [0, 0.05) is 29.3 Å². The summed E-state index contributed by atoms with van der Waals surface area (Å²) >= 11 is 0. The highest BCUT2D eigenvalue weighted by Crippen LogP contribution is 2.48. The highest BCUT2D eigenvalue weighted by atomic mass is 19.4. The molecule has 9 heteroatoms. The van der Waals surface area contributed by atoms with Crippen LogP contribution in [0.4, 0.5) is 13.2 Å². The van der Waals surface area contributed by atoms with E-state index in [-0.39, 0.29) is 17.8 Å². The van der Waals surface area contributed by atoms with E-state index in [9.17, 15) is 22.8 Å². The van der Waals surface area contributed by atoms with E-state index in [4.69, 9.17) is 14.2 Å². The highest BCUT2D eigenvalue weighted by molar-refractivity contribution is 6.04. The minimum Gasteiger partial charge on any atom is -0.493 e. The van der Waals surface area contributed by atoms with Crippen LogP contribution in [-0.4, -0.2) is 26.0 Å². The Hall–Kier alpha value is -3.75. The van der Waals surface area contributed by atoms with Crippen LogP contribution in [0.25, 0.3) is 0 Å². The molecule has 38 heavy (non-hydrogen) atoms. The van der Waals surface area contributed by atoms with Gasteiger partial charge in [-0.1, -0.05) is 32.0 Å². The van der Waals surface area contributed by atoms with Gasteiger partial charge < -0.3 is 19.5 Å². The maximum absolute atomic E-state index is 13.4. The lowest BCUT2D eigenvalue weighted by Gasteiger charge is -2.39. The van der Waals surface area contributed by atoms with E-state index < -0.39 is 23.6 Å². The Labute approximate surface area is 219 Å². The van der Waals surface area contributed by atoms with Crippen LogP contribution in [0.3, 0.4) is 0 Å². The number of esters is 1. The summed E-state index contributed by atoms with van der Waals surface area (Å²) in [6.45, 7) is 5.72. The normalized spacial score (nSPS) is 19.1. The predicted octanol–water partition coefficient (Wildman–Crippen LogP) is 6.07. The van der Waals surface area contributed by atoms with Crippen LogP contribution in [-0.2, 0) is 27.1 Å². The molecule has 0 saturated heterocycles. The third kappa shape index (κ3) is 5.42. The van der Waals surface area contributed by atoms with E-state index in [0.29, 0.717) is 52.3 Å². The zero-order chi connectivity index (χ0) is 27.8. The number of carbonyl (C=O) groups excluding carboxylic acids is 2. The summed E-state index contributed by atoms with van der Waals surface area (Å²) in [7, 11) is 2.74. The molecule has 0 radical (unpaired) electrons. The van der Waals surface area contributed by atoms with Crippen LogP contribution < -0.4 is 14.8 Å². The highest BCUT2D eigenvalue weighted by Gasteiger charge is 2.43. The molecular formula is C29H30F3NO5. The van der Waals surface area contributed by atoms with Gasteiger partial charge in [0.15, 0.2) is 17.3 Å². The third-order valence-corrected chi connectivity index (χ3v) is 6.81. The van der Waals surface area contributed by atoms with Crippen LogP contribution in [0.5, 0.6) is 11.5 Å². The van der Waals surface area contributed by atoms with Crippen LogP contribution in [0.2, 0.25) is 0 Å². The molecule has 1 aliphatic carbocycles. The number of benzene rings is 2. The zero-order valence-corrected chi connectivity index (χ0v) is 21.9. The topological polar surface area (TPSA) is 73.9 Å². The van der Waals surface area contributed by atoms with Gasteiger partial charge in [-0.25, -0.2) is 4.79 Å². The summed E-state index contributed by atoms with van der Waals surface area (Å²) in [6.07, 6.45) is -3.47. The van der Waals surface area contributed by atoms with Crippen molar-refractivity contribution in [2.24, 2.45) is 5.41 Å². The first kappa shape index (κ1) is 27.3. The largest absolute Gasteiger partial charge is 0.493 e. The minimum atomic E-state index is -4.45. The van der Waals surface area contributed by atoms with E-state index in [1.807, 2.05) is 13.8 Å². The molecule has 0 bridgehead atoms. The summed E-state index contributed by atoms with van der Waals surface area (Å²) in [4.78, 5) is 26.2. The number of allylic oxidation sites excluding steroid dienone is 3. The van der Waals surface area contributed by atoms with Crippen LogP contribution in [0.1, 0.15) is 56.2 Å². The molecular weight excluding hydrogens is 499 g/mol. The van der Waals surface area contributed by atoms with Crippen LogP contribution in [0.15, 0.2) is 65.0 Å². The fourth-order valence-electron chi connectivity index (χ4n) is 5.13. The molecule has 2 aliphatic rings. The van der Waals surface area contributed by atoms with Crippen molar-refractivity contribution < 1.29 is 37.0 Å². The molecule has 1 atom stereocenters. The van der Waals surface area contributed by atoms with Gasteiger partial charge >= 0.3 is 12.1 Å². The van der Waals surface area contributed by atoms with Gasteiger partial charge in [0.2, 0.25) is 0 Å². The smallest absolute Gasteiger partial charge is 0.416 e. The number of Topliss-reactive ketones (excluding diaryl/α,β-unsaturated/α-hetero) is 1. The van der Waals surface area contributed by atoms with Crippen LogP contribution in [0, 0.1) is 5.41 Å². The van der Waals surface area contributed by atoms with Crippen molar-refractivity contribution in [1.82, 2.24) is 5.32 Å². The molecule has 0 fully saturated rings. The summed E-state index contributed by atoms with van der Waals surface area (Å²) in [5.74, 6) is -0.637. The number of nitrogens with one attached hydrogen (secondary N) is 1. The second-order valence-corrected chi connectivity index (χ2v) is 10.3. The average molecular weight is 530 g/mol. The number of alkyl halides is 3. The van der Waals surface area contributed by atoms with E-state index in [1.54, 1.807) is 31.2 Å². The first-order valence-electron chi connectivity index (χ1n) is 12.1. The predicted molar refractivity (Wildman–Crippen MR) is 134 cm³/mol.